The summed E-state index contributed by atoms with van der Waals surface area (Å²) in [6.45, 7) is 2.92. The van der Waals surface area contributed by atoms with Gasteiger partial charge in [-0.3, -0.25) is 4.79 Å². The van der Waals surface area contributed by atoms with Crippen LogP contribution in [-0.2, 0) is 6.54 Å². The highest BCUT2D eigenvalue weighted by Crippen LogP contribution is 2.28. The Morgan fingerprint density at radius 1 is 1.19 bits per heavy atom. The number of ether oxygens (including phenoxy) is 1. The molecule has 8 nitrogen and oxygen atoms in total. The maximum absolute atomic E-state index is 14.9. The number of amides is 1. The normalized spacial score (nSPS) is 14.0. The predicted octanol–water partition coefficient (Wildman–Crippen LogP) is 4.00. The number of fused-ring (bicyclic) bond motifs is 5. The Bertz CT molecular complexity index is 1300. The van der Waals surface area contributed by atoms with Crippen molar-refractivity contribution in [2.24, 2.45) is 0 Å². The van der Waals surface area contributed by atoms with Gasteiger partial charge < -0.3 is 19.2 Å². The van der Waals surface area contributed by atoms with Crippen molar-refractivity contribution in [1.82, 2.24) is 24.1 Å². The van der Waals surface area contributed by atoms with Crippen LogP contribution in [0.15, 0.2) is 55.2 Å². The molecule has 0 unspecified atom stereocenters. The number of nitrogens with one attached hydrogen (secondary N) is 1. The molecular formula is C23H21FN6O2. The van der Waals surface area contributed by atoms with E-state index in [1.807, 2.05) is 29.8 Å². The number of pyridine rings is 1. The van der Waals surface area contributed by atoms with E-state index in [0.29, 0.717) is 18.1 Å². The van der Waals surface area contributed by atoms with Crippen molar-refractivity contribution in [3.8, 4) is 23.0 Å². The SMILES string of the molecule is Cc1cn(-c2cc3c(cc2F)OCCCCn2ccnc2-c2cccc(n2)NC3=O)cn1. The first kappa shape index (κ1) is 19.9. The second kappa shape index (κ2) is 8.26. The van der Waals surface area contributed by atoms with E-state index < -0.39 is 11.7 Å². The largest absolute Gasteiger partial charge is 0.493 e. The van der Waals surface area contributed by atoms with E-state index in [-0.39, 0.29) is 17.0 Å². The van der Waals surface area contributed by atoms with Crippen molar-refractivity contribution in [2.45, 2.75) is 26.3 Å². The third kappa shape index (κ3) is 3.84. The molecule has 9 heteroatoms. The van der Waals surface area contributed by atoms with Gasteiger partial charge in [-0.15, -0.1) is 0 Å². The number of imidazole rings is 2. The van der Waals surface area contributed by atoms with E-state index in [1.54, 1.807) is 23.0 Å². The molecule has 4 aromatic rings. The maximum Gasteiger partial charge on any atom is 0.260 e. The summed E-state index contributed by atoms with van der Waals surface area (Å²) in [4.78, 5) is 26.3. The summed E-state index contributed by atoms with van der Waals surface area (Å²) in [5.74, 6) is 0.354. The first-order chi connectivity index (χ1) is 15.6. The Balaban J connectivity index is 1.57. The molecule has 0 saturated carbocycles. The zero-order valence-corrected chi connectivity index (χ0v) is 17.5. The molecule has 1 aromatic carbocycles. The molecule has 162 valence electrons. The lowest BCUT2D eigenvalue weighted by molar-refractivity contribution is 0.102. The van der Waals surface area contributed by atoms with Crippen LogP contribution in [0.4, 0.5) is 10.2 Å². The molecule has 32 heavy (non-hydrogen) atoms. The number of benzene rings is 1. The van der Waals surface area contributed by atoms with Crippen LogP contribution in [0.3, 0.4) is 0 Å². The zero-order chi connectivity index (χ0) is 22.1. The van der Waals surface area contributed by atoms with Crippen LogP contribution in [0.5, 0.6) is 5.75 Å². The van der Waals surface area contributed by atoms with Gasteiger partial charge >= 0.3 is 0 Å². The van der Waals surface area contributed by atoms with Gasteiger partial charge in [0.1, 0.15) is 17.3 Å². The molecule has 1 amide bonds. The number of halogens is 1. The van der Waals surface area contributed by atoms with E-state index in [2.05, 4.69) is 20.3 Å². The summed E-state index contributed by atoms with van der Waals surface area (Å²) in [5, 5.41) is 2.80. The minimum atomic E-state index is -0.502. The average Bonchev–Trinajstić information content (AvgIpc) is 3.42. The van der Waals surface area contributed by atoms with Gasteiger partial charge in [0.05, 0.1) is 29.9 Å². The average molecular weight is 432 g/mol. The number of anilines is 1. The fourth-order valence-electron chi connectivity index (χ4n) is 3.69. The summed E-state index contributed by atoms with van der Waals surface area (Å²) in [6.07, 6.45) is 8.40. The predicted molar refractivity (Wildman–Crippen MR) is 116 cm³/mol. The highest BCUT2D eigenvalue weighted by Gasteiger charge is 2.20. The van der Waals surface area contributed by atoms with Crippen LogP contribution >= 0.6 is 0 Å². The molecule has 0 fully saturated rings. The molecule has 0 radical (unpaired) electrons. The molecule has 3 aromatic heterocycles. The number of aromatic nitrogens is 5. The van der Waals surface area contributed by atoms with E-state index >= 15 is 0 Å². The van der Waals surface area contributed by atoms with Crippen molar-refractivity contribution in [3.05, 3.63) is 72.3 Å². The third-order valence-electron chi connectivity index (χ3n) is 5.27. The highest BCUT2D eigenvalue weighted by molar-refractivity contribution is 6.06. The lowest BCUT2D eigenvalue weighted by Gasteiger charge is -2.16. The van der Waals surface area contributed by atoms with Crippen LogP contribution < -0.4 is 10.1 Å². The zero-order valence-electron chi connectivity index (χ0n) is 17.5. The van der Waals surface area contributed by atoms with Gasteiger partial charge in [-0.2, -0.15) is 0 Å². The number of hydrogen-bond acceptors (Lipinski definition) is 5. The lowest BCUT2D eigenvalue weighted by atomic mass is 10.1. The van der Waals surface area contributed by atoms with Gasteiger partial charge in [-0.05, 0) is 38.0 Å². The van der Waals surface area contributed by atoms with Crippen LogP contribution in [0, 0.1) is 12.7 Å². The van der Waals surface area contributed by atoms with Crippen molar-refractivity contribution < 1.29 is 13.9 Å². The third-order valence-corrected chi connectivity index (χ3v) is 5.27. The van der Waals surface area contributed by atoms with Crippen molar-refractivity contribution in [1.29, 1.82) is 0 Å². The van der Waals surface area contributed by atoms with Crippen molar-refractivity contribution in [3.63, 3.8) is 0 Å². The van der Waals surface area contributed by atoms with Crippen LogP contribution in [-0.4, -0.2) is 36.6 Å². The highest BCUT2D eigenvalue weighted by atomic mass is 19.1. The minimum Gasteiger partial charge on any atom is -0.493 e. The first-order valence-corrected chi connectivity index (χ1v) is 10.4. The Kier molecular flexibility index (Phi) is 5.14. The summed E-state index contributed by atoms with van der Waals surface area (Å²) in [5.41, 5.74) is 1.84. The molecule has 0 atom stereocenters. The number of carbonyl (C=O) groups excluding carboxylic acids is 1. The lowest BCUT2D eigenvalue weighted by Crippen LogP contribution is -2.17. The first-order valence-electron chi connectivity index (χ1n) is 10.4. The Hall–Kier alpha value is -4.01. The molecular weight excluding hydrogens is 411 g/mol. The summed E-state index contributed by atoms with van der Waals surface area (Å²) < 4.78 is 24.3. The molecule has 1 aliphatic heterocycles. The number of hydrogen-bond donors (Lipinski definition) is 1. The number of carbonyl (C=O) groups is 1. The van der Waals surface area contributed by atoms with Gasteiger partial charge in [-0.25, -0.2) is 19.3 Å². The van der Waals surface area contributed by atoms with Gasteiger partial charge in [0.2, 0.25) is 0 Å². The molecule has 4 heterocycles. The van der Waals surface area contributed by atoms with E-state index in [1.165, 1.54) is 18.5 Å². The number of aryl methyl sites for hydroxylation is 2. The molecule has 1 N–H and O–H groups in total. The fraction of sp³-hybridized carbons (Fsp3) is 0.217. The maximum atomic E-state index is 14.9. The molecule has 5 rings (SSSR count). The number of rotatable bonds is 1. The molecule has 2 bridgehead atoms. The van der Waals surface area contributed by atoms with E-state index in [0.717, 1.165) is 30.9 Å². The second-order valence-electron chi connectivity index (χ2n) is 7.58. The Morgan fingerprint density at radius 3 is 2.94 bits per heavy atom. The summed E-state index contributed by atoms with van der Waals surface area (Å²) in [7, 11) is 0. The topological polar surface area (TPSA) is 86.9 Å². The van der Waals surface area contributed by atoms with Crippen LogP contribution in [0.1, 0.15) is 28.9 Å². The Labute approximate surface area is 183 Å². The quantitative estimate of drug-likeness (QED) is 0.491. The second-order valence-corrected chi connectivity index (χ2v) is 7.58. The summed E-state index contributed by atoms with van der Waals surface area (Å²) >= 11 is 0. The van der Waals surface area contributed by atoms with Gasteiger partial charge in [-0.1, -0.05) is 6.07 Å². The van der Waals surface area contributed by atoms with Gasteiger partial charge in [0.25, 0.3) is 5.91 Å². The fourth-order valence-corrected chi connectivity index (χ4v) is 3.69. The standard InChI is InChI=1S/C23H21FN6O2/c1-15-13-30(14-26-15)19-11-16-20(12-17(19)24)32-10-3-2-8-29-9-7-25-22(29)18-5-4-6-21(27-18)28-23(16)31/h4-7,9,11-14H,2-3,8,10H2,1H3,(H,27,28,31). The smallest absolute Gasteiger partial charge is 0.260 e. The van der Waals surface area contributed by atoms with E-state index in [9.17, 15) is 9.18 Å². The van der Waals surface area contributed by atoms with Crippen LogP contribution in [0.25, 0.3) is 17.2 Å². The monoisotopic (exact) mass is 432 g/mol. The Morgan fingerprint density at radius 2 is 2.09 bits per heavy atom. The molecule has 0 saturated heterocycles. The van der Waals surface area contributed by atoms with Crippen molar-refractivity contribution >= 4 is 11.7 Å². The van der Waals surface area contributed by atoms with E-state index in [4.69, 9.17) is 4.74 Å². The van der Waals surface area contributed by atoms with Gasteiger partial charge in [0.15, 0.2) is 11.6 Å². The molecule has 1 aliphatic rings. The van der Waals surface area contributed by atoms with Gasteiger partial charge in [0, 0.05) is 31.2 Å². The van der Waals surface area contributed by atoms with Crippen LogP contribution in [0.2, 0.25) is 0 Å². The minimum absolute atomic E-state index is 0.192. The summed E-state index contributed by atoms with van der Waals surface area (Å²) in [6, 6.07) is 8.09. The molecule has 0 spiro atoms. The number of nitrogens with zero attached hydrogens (tertiary/aromatic N) is 5. The van der Waals surface area contributed by atoms with Crippen molar-refractivity contribution in [2.75, 3.05) is 11.9 Å². The molecule has 0 aliphatic carbocycles.